The van der Waals surface area contributed by atoms with Crippen molar-refractivity contribution in [1.29, 1.82) is 0 Å². The maximum absolute atomic E-state index is 15.7. The van der Waals surface area contributed by atoms with Crippen molar-refractivity contribution in [2.24, 2.45) is 0 Å². The molecular formula is C29H30F2N6O3. The number of benzene rings is 1. The summed E-state index contributed by atoms with van der Waals surface area (Å²) < 4.78 is 31.9. The first-order chi connectivity index (χ1) is 19.0. The molecule has 4 aromatic rings. The summed E-state index contributed by atoms with van der Waals surface area (Å²) in [5.74, 6) is -1.29. The molecule has 1 aliphatic heterocycles. The van der Waals surface area contributed by atoms with E-state index in [-0.39, 0.29) is 53.2 Å². The Kier molecular flexibility index (Phi) is 6.99. The molecule has 5 rings (SSSR count). The SMILES string of the molecule is Cc1ccnc(C(C)C)c1-n1c(=O)nc(N2C[C@@H](C)N(C(=O)O)C[C@@H]2C)c2cc(F)c(-c3ccccc3F)nc21. The third kappa shape index (κ3) is 4.55. The molecule has 0 unspecified atom stereocenters. The van der Waals surface area contributed by atoms with Gasteiger partial charge in [0.2, 0.25) is 0 Å². The van der Waals surface area contributed by atoms with Gasteiger partial charge in [0.25, 0.3) is 0 Å². The van der Waals surface area contributed by atoms with E-state index >= 15 is 4.39 Å². The first-order valence-electron chi connectivity index (χ1n) is 13.1. The van der Waals surface area contributed by atoms with Crippen LogP contribution in [0.25, 0.3) is 28.0 Å². The molecule has 0 radical (unpaired) electrons. The highest BCUT2D eigenvalue weighted by Crippen LogP contribution is 2.34. The number of halogens is 2. The topological polar surface area (TPSA) is 104 Å². The van der Waals surface area contributed by atoms with Gasteiger partial charge >= 0.3 is 11.8 Å². The van der Waals surface area contributed by atoms with E-state index in [1.54, 1.807) is 25.3 Å². The predicted molar refractivity (Wildman–Crippen MR) is 148 cm³/mol. The van der Waals surface area contributed by atoms with Gasteiger partial charge in [0.1, 0.15) is 23.1 Å². The minimum Gasteiger partial charge on any atom is -0.465 e. The second-order valence-electron chi connectivity index (χ2n) is 10.5. The second kappa shape index (κ2) is 10.3. The van der Waals surface area contributed by atoms with Crippen molar-refractivity contribution < 1.29 is 18.7 Å². The Morgan fingerprint density at radius 1 is 1.05 bits per heavy atom. The van der Waals surface area contributed by atoms with Crippen LogP contribution in [0.1, 0.15) is 44.9 Å². The lowest BCUT2D eigenvalue weighted by Crippen LogP contribution is -2.58. The molecule has 1 aliphatic rings. The van der Waals surface area contributed by atoms with Gasteiger partial charge in [-0.15, -0.1) is 0 Å². The number of hydrogen-bond donors (Lipinski definition) is 1. The smallest absolute Gasteiger partial charge is 0.407 e. The van der Waals surface area contributed by atoms with Crippen molar-refractivity contribution in [3.8, 4) is 16.9 Å². The van der Waals surface area contributed by atoms with Crippen molar-refractivity contribution in [1.82, 2.24) is 24.4 Å². The Hall–Kier alpha value is -4.41. The number of rotatable bonds is 4. The predicted octanol–water partition coefficient (Wildman–Crippen LogP) is 5.13. The van der Waals surface area contributed by atoms with Crippen LogP contribution >= 0.6 is 0 Å². The Bertz CT molecular complexity index is 1690. The number of amides is 1. The van der Waals surface area contributed by atoms with Crippen LogP contribution in [0.2, 0.25) is 0 Å². The van der Waals surface area contributed by atoms with Crippen molar-refractivity contribution in [3.05, 3.63) is 76.0 Å². The minimum absolute atomic E-state index is 0.0386. The van der Waals surface area contributed by atoms with Crippen LogP contribution in [0.5, 0.6) is 0 Å². The minimum atomic E-state index is -1.04. The summed E-state index contributed by atoms with van der Waals surface area (Å²) in [5, 5.41) is 9.85. The van der Waals surface area contributed by atoms with Gasteiger partial charge in [-0.1, -0.05) is 26.0 Å². The highest BCUT2D eigenvalue weighted by atomic mass is 19.1. The molecule has 40 heavy (non-hydrogen) atoms. The van der Waals surface area contributed by atoms with E-state index in [1.165, 1.54) is 33.7 Å². The summed E-state index contributed by atoms with van der Waals surface area (Å²) in [4.78, 5) is 42.2. The summed E-state index contributed by atoms with van der Waals surface area (Å²) in [6.45, 7) is 9.72. The fraction of sp³-hybridized carbons (Fsp3) is 0.345. The van der Waals surface area contributed by atoms with Gasteiger partial charge < -0.3 is 14.9 Å². The lowest BCUT2D eigenvalue weighted by Gasteiger charge is -2.43. The van der Waals surface area contributed by atoms with E-state index in [4.69, 9.17) is 0 Å². The van der Waals surface area contributed by atoms with Crippen LogP contribution in [0, 0.1) is 18.6 Å². The van der Waals surface area contributed by atoms with Gasteiger partial charge in [-0.25, -0.2) is 27.9 Å². The molecule has 0 saturated carbocycles. The fourth-order valence-corrected chi connectivity index (χ4v) is 5.34. The molecule has 4 heterocycles. The Morgan fingerprint density at radius 3 is 2.45 bits per heavy atom. The van der Waals surface area contributed by atoms with Gasteiger partial charge in [0.15, 0.2) is 5.65 Å². The van der Waals surface area contributed by atoms with E-state index in [9.17, 15) is 19.1 Å². The number of carboxylic acid groups (broad SMARTS) is 1. The number of aromatic nitrogens is 4. The van der Waals surface area contributed by atoms with Crippen molar-refractivity contribution in [3.63, 3.8) is 0 Å². The Balaban J connectivity index is 1.85. The number of hydrogen-bond acceptors (Lipinski definition) is 6. The summed E-state index contributed by atoms with van der Waals surface area (Å²) >= 11 is 0. The number of fused-ring (bicyclic) bond motifs is 1. The summed E-state index contributed by atoms with van der Waals surface area (Å²) in [7, 11) is 0. The first kappa shape index (κ1) is 27.2. The maximum Gasteiger partial charge on any atom is 0.407 e. The monoisotopic (exact) mass is 548 g/mol. The molecule has 2 atom stereocenters. The van der Waals surface area contributed by atoms with Crippen LogP contribution in [0.3, 0.4) is 0 Å². The van der Waals surface area contributed by atoms with Gasteiger partial charge in [0.05, 0.1) is 16.8 Å². The standard InChI is InChI=1S/C29H30F2N6O3/c1-15(2)23-25(16(3)10-11-32-23)37-27-20(12-22(31)24(33-27)19-8-6-7-9-21(19)30)26(34-28(37)38)35-13-18(5)36(29(39)40)14-17(35)4/h6-12,15,17-18H,13-14H2,1-5H3,(H,39,40)/t17-,18+/m0/s1. The van der Waals surface area contributed by atoms with Gasteiger partial charge in [-0.2, -0.15) is 4.98 Å². The largest absolute Gasteiger partial charge is 0.465 e. The third-order valence-electron chi connectivity index (χ3n) is 7.36. The van der Waals surface area contributed by atoms with Crippen molar-refractivity contribution in [2.75, 3.05) is 18.0 Å². The number of piperazine rings is 1. The normalized spacial score (nSPS) is 17.6. The van der Waals surface area contributed by atoms with E-state index in [0.29, 0.717) is 11.4 Å². The quantitative estimate of drug-likeness (QED) is 0.377. The number of anilines is 1. The van der Waals surface area contributed by atoms with E-state index < -0.39 is 29.5 Å². The average Bonchev–Trinajstić information content (AvgIpc) is 2.90. The molecule has 1 fully saturated rings. The van der Waals surface area contributed by atoms with Crippen molar-refractivity contribution >= 4 is 22.9 Å². The molecule has 1 N–H and O–H groups in total. The fourth-order valence-electron chi connectivity index (χ4n) is 5.34. The van der Waals surface area contributed by atoms with Gasteiger partial charge in [0, 0.05) is 36.9 Å². The Labute approximate surface area is 229 Å². The zero-order valence-corrected chi connectivity index (χ0v) is 22.9. The second-order valence-corrected chi connectivity index (χ2v) is 10.5. The summed E-state index contributed by atoms with van der Waals surface area (Å²) in [6.07, 6.45) is 0.620. The zero-order chi connectivity index (χ0) is 28.9. The van der Waals surface area contributed by atoms with E-state index in [0.717, 1.165) is 5.56 Å². The molecule has 1 aromatic carbocycles. The Morgan fingerprint density at radius 2 is 1.77 bits per heavy atom. The molecule has 0 spiro atoms. The zero-order valence-electron chi connectivity index (χ0n) is 22.9. The van der Waals surface area contributed by atoms with E-state index in [1.807, 2.05) is 32.6 Å². The lowest BCUT2D eigenvalue weighted by molar-refractivity contribution is 0.114. The molecule has 1 saturated heterocycles. The number of aryl methyl sites for hydroxylation is 1. The molecule has 11 heteroatoms. The average molecular weight is 549 g/mol. The van der Waals surface area contributed by atoms with Crippen LogP contribution in [0.15, 0.2) is 47.4 Å². The van der Waals surface area contributed by atoms with Crippen LogP contribution in [-0.4, -0.2) is 60.8 Å². The molecule has 1 amide bonds. The lowest BCUT2D eigenvalue weighted by atomic mass is 10.0. The molecular weight excluding hydrogens is 518 g/mol. The highest BCUT2D eigenvalue weighted by molar-refractivity contribution is 5.90. The van der Waals surface area contributed by atoms with Crippen LogP contribution < -0.4 is 10.6 Å². The summed E-state index contributed by atoms with van der Waals surface area (Å²) in [6, 6.07) is 7.97. The maximum atomic E-state index is 15.7. The number of carbonyl (C=O) groups is 1. The highest BCUT2D eigenvalue weighted by Gasteiger charge is 2.34. The first-order valence-corrected chi connectivity index (χ1v) is 13.1. The van der Waals surface area contributed by atoms with Crippen LogP contribution in [0.4, 0.5) is 19.4 Å². The molecule has 0 aliphatic carbocycles. The van der Waals surface area contributed by atoms with Gasteiger partial charge in [-0.05, 0) is 56.5 Å². The molecule has 208 valence electrons. The summed E-state index contributed by atoms with van der Waals surface area (Å²) in [5.41, 5.74) is 1.04. The third-order valence-corrected chi connectivity index (χ3v) is 7.36. The van der Waals surface area contributed by atoms with Crippen molar-refractivity contribution in [2.45, 2.75) is 52.6 Å². The molecule has 3 aromatic heterocycles. The molecule has 9 nitrogen and oxygen atoms in total. The van der Waals surface area contributed by atoms with Crippen LogP contribution in [-0.2, 0) is 0 Å². The number of nitrogens with zero attached hydrogens (tertiary/aromatic N) is 6. The number of pyridine rings is 2. The molecule has 0 bridgehead atoms. The van der Waals surface area contributed by atoms with E-state index in [2.05, 4.69) is 15.0 Å². The van der Waals surface area contributed by atoms with Gasteiger partial charge in [-0.3, -0.25) is 4.98 Å².